The zero-order valence-corrected chi connectivity index (χ0v) is 8.43. The molecule has 1 aromatic carbocycles. The summed E-state index contributed by atoms with van der Waals surface area (Å²) in [6, 6.07) is 7.32. The Morgan fingerprint density at radius 1 is 1.40 bits per heavy atom. The van der Waals surface area contributed by atoms with E-state index in [2.05, 4.69) is 4.98 Å². The largest absolute Gasteiger partial charge is 0.482 e. The monoisotopic (exact) mass is 204 g/mol. The van der Waals surface area contributed by atoms with Gasteiger partial charge in [-0.15, -0.1) is 0 Å². The smallest absolute Gasteiger partial charge is 0.232 e. The topological polar surface area (TPSA) is 61.3 Å². The molecule has 0 fully saturated rings. The van der Waals surface area contributed by atoms with Crippen molar-refractivity contribution in [2.24, 2.45) is 0 Å². The maximum absolute atomic E-state index is 5.71. The minimum absolute atomic E-state index is 0.294. The molecular formula is C11H12N2O2. The second-order valence-corrected chi connectivity index (χ2v) is 3.21. The molecule has 0 saturated heterocycles. The van der Waals surface area contributed by atoms with Crippen LogP contribution >= 0.6 is 0 Å². The van der Waals surface area contributed by atoms with Crippen LogP contribution in [-0.2, 0) is 6.61 Å². The fourth-order valence-electron chi connectivity index (χ4n) is 1.22. The predicted molar refractivity (Wildman–Crippen MR) is 56.4 cm³/mol. The molecule has 0 atom stereocenters. The van der Waals surface area contributed by atoms with Crippen LogP contribution in [0.1, 0.15) is 11.6 Å². The first-order valence-corrected chi connectivity index (χ1v) is 4.64. The standard InChI is InChI=1S/C11H12N2O2/c1-8-6-15-11(13-8)7-14-10-5-3-2-4-9(10)12/h2-6H,7,12H2,1H3. The van der Waals surface area contributed by atoms with Crippen molar-refractivity contribution in [3.63, 3.8) is 0 Å². The summed E-state index contributed by atoms with van der Waals surface area (Å²) in [5.74, 6) is 1.20. The molecule has 0 aliphatic rings. The van der Waals surface area contributed by atoms with Crippen LogP contribution < -0.4 is 10.5 Å². The Balaban J connectivity index is 2.02. The van der Waals surface area contributed by atoms with Gasteiger partial charge >= 0.3 is 0 Å². The number of aryl methyl sites for hydroxylation is 1. The van der Waals surface area contributed by atoms with E-state index in [4.69, 9.17) is 14.9 Å². The molecule has 0 unspecified atom stereocenters. The van der Waals surface area contributed by atoms with E-state index in [1.807, 2.05) is 25.1 Å². The van der Waals surface area contributed by atoms with Crippen LogP contribution in [-0.4, -0.2) is 4.98 Å². The lowest BCUT2D eigenvalue weighted by Gasteiger charge is -2.05. The van der Waals surface area contributed by atoms with E-state index in [0.717, 1.165) is 5.69 Å². The summed E-state index contributed by atoms with van der Waals surface area (Å²) < 4.78 is 10.6. The van der Waals surface area contributed by atoms with Crippen molar-refractivity contribution in [3.8, 4) is 5.75 Å². The molecule has 0 amide bonds. The van der Waals surface area contributed by atoms with Gasteiger partial charge in [0.05, 0.1) is 11.4 Å². The summed E-state index contributed by atoms with van der Waals surface area (Å²) >= 11 is 0. The first-order valence-electron chi connectivity index (χ1n) is 4.64. The molecular weight excluding hydrogens is 192 g/mol. The molecule has 0 saturated carbocycles. The number of nitrogens with zero attached hydrogens (tertiary/aromatic N) is 1. The second kappa shape index (κ2) is 4.04. The van der Waals surface area contributed by atoms with Crippen molar-refractivity contribution in [1.82, 2.24) is 4.98 Å². The number of benzene rings is 1. The summed E-state index contributed by atoms with van der Waals surface area (Å²) in [5.41, 5.74) is 7.17. The summed E-state index contributed by atoms with van der Waals surface area (Å²) in [5, 5.41) is 0. The van der Waals surface area contributed by atoms with Crippen molar-refractivity contribution >= 4 is 5.69 Å². The van der Waals surface area contributed by atoms with Crippen molar-refractivity contribution in [3.05, 3.63) is 42.1 Å². The predicted octanol–water partition coefficient (Wildman–Crippen LogP) is 2.14. The van der Waals surface area contributed by atoms with Crippen LogP contribution in [0, 0.1) is 6.92 Å². The van der Waals surface area contributed by atoms with Crippen molar-refractivity contribution in [2.75, 3.05) is 5.73 Å². The fraction of sp³-hybridized carbons (Fsp3) is 0.182. The van der Waals surface area contributed by atoms with E-state index < -0.39 is 0 Å². The average Bonchev–Trinajstić information content (AvgIpc) is 2.63. The normalized spacial score (nSPS) is 10.2. The number of hydrogen-bond donors (Lipinski definition) is 1. The molecule has 4 nitrogen and oxygen atoms in total. The Bertz CT molecular complexity index is 451. The first-order chi connectivity index (χ1) is 7.25. The number of anilines is 1. The number of nitrogen functional groups attached to an aromatic ring is 1. The zero-order chi connectivity index (χ0) is 10.7. The average molecular weight is 204 g/mol. The van der Waals surface area contributed by atoms with Gasteiger partial charge in [0.2, 0.25) is 5.89 Å². The molecule has 2 rings (SSSR count). The van der Waals surface area contributed by atoms with Crippen LogP contribution in [0.4, 0.5) is 5.69 Å². The highest BCUT2D eigenvalue weighted by atomic mass is 16.5. The lowest BCUT2D eigenvalue weighted by Crippen LogP contribution is -1.98. The van der Waals surface area contributed by atoms with Crippen molar-refractivity contribution in [1.29, 1.82) is 0 Å². The Labute approximate surface area is 87.7 Å². The first kappa shape index (κ1) is 9.58. The Kier molecular flexibility index (Phi) is 2.58. The van der Waals surface area contributed by atoms with Gasteiger partial charge in [-0.25, -0.2) is 4.98 Å². The minimum Gasteiger partial charge on any atom is -0.482 e. The lowest BCUT2D eigenvalue weighted by molar-refractivity contribution is 0.264. The lowest BCUT2D eigenvalue weighted by atomic mass is 10.3. The molecule has 0 aliphatic carbocycles. The Morgan fingerprint density at radius 2 is 2.20 bits per heavy atom. The minimum atomic E-state index is 0.294. The zero-order valence-electron chi connectivity index (χ0n) is 8.43. The highest BCUT2D eigenvalue weighted by Crippen LogP contribution is 2.20. The summed E-state index contributed by atoms with van der Waals surface area (Å²) in [7, 11) is 0. The van der Waals surface area contributed by atoms with E-state index in [9.17, 15) is 0 Å². The van der Waals surface area contributed by atoms with Crippen LogP contribution in [0.2, 0.25) is 0 Å². The quantitative estimate of drug-likeness (QED) is 0.778. The fourth-order valence-corrected chi connectivity index (χ4v) is 1.22. The van der Waals surface area contributed by atoms with E-state index in [1.165, 1.54) is 0 Å². The third kappa shape index (κ3) is 2.28. The highest BCUT2D eigenvalue weighted by molar-refractivity contribution is 5.51. The number of oxazole rings is 1. The van der Waals surface area contributed by atoms with Gasteiger partial charge in [0.25, 0.3) is 0 Å². The van der Waals surface area contributed by atoms with Crippen LogP contribution in [0.15, 0.2) is 34.9 Å². The summed E-state index contributed by atoms with van der Waals surface area (Å²) in [6.07, 6.45) is 1.59. The molecule has 2 N–H and O–H groups in total. The molecule has 2 aromatic rings. The van der Waals surface area contributed by atoms with E-state index >= 15 is 0 Å². The number of rotatable bonds is 3. The Morgan fingerprint density at radius 3 is 2.87 bits per heavy atom. The second-order valence-electron chi connectivity index (χ2n) is 3.21. The highest BCUT2D eigenvalue weighted by Gasteiger charge is 2.03. The molecule has 4 heteroatoms. The molecule has 0 radical (unpaired) electrons. The molecule has 1 aromatic heterocycles. The number of nitrogens with two attached hydrogens (primary N) is 1. The number of hydrogen-bond acceptors (Lipinski definition) is 4. The van der Waals surface area contributed by atoms with Crippen LogP contribution in [0.25, 0.3) is 0 Å². The Hall–Kier alpha value is -1.97. The summed E-state index contributed by atoms with van der Waals surface area (Å²) in [6.45, 7) is 2.16. The maximum Gasteiger partial charge on any atom is 0.232 e. The van der Waals surface area contributed by atoms with E-state index in [0.29, 0.717) is 23.9 Å². The van der Waals surface area contributed by atoms with E-state index in [-0.39, 0.29) is 0 Å². The van der Waals surface area contributed by atoms with Gasteiger partial charge in [-0.3, -0.25) is 0 Å². The third-order valence-corrected chi connectivity index (χ3v) is 1.94. The molecule has 15 heavy (non-hydrogen) atoms. The third-order valence-electron chi connectivity index (χ3n) is 1.94. The van der Waals surface area contributed by atoms with Crippen molar-refractivity contribution in [2.45, 2.75) is 13.5 Å². The van der Waals surface area contributed by atoms with Crippen molar-refractivity contribution < 1.29 is 9.15 Å². The number of aromatic nitrogens is 1. The van der Waals surface area contributed by atoms with Gasteiger partial charge in [0, 0.05) is 0 Å². The SMILES string of the molecule is Cc1coc(COc2ccccc2N)n1. The summed E-state index contributed by atoms with van der Waals surface area (Å²) in [4.78, 5) is 4.12. The van der Waals surface area contributed by atoms with Gasteiger partial charge in [-0.1, -0.05) is 12.1 Å². The van der Waals surface area contributed by atoms with Crippen LogP contribution in [0.3, 0.4) is 0 Å². The van der Waals surface area contributed by atoms with Gasteiger partial charge < -0.3 is 14.9 Å². The van der Waals surface area contributed by atoms with Gasteiger partial charge in [-0.2, -0.15) is 0 Å². The number of ether oxygens (including phenoxy) is 1. The van der Waals surface area contributed by atoms with Gasteiger partial charge in [0.15, 0.2) is 6.61 Å². The molecule has 0 aliphatic heterocycles. The van der Waals surface area contributed by atoms with Crippen LogP contribution in [0.5, 0.6) is 5.75 Å². The molecule has 0 bridgehead atoms. The number of para-hydroxylation sites is 2. The maximum atomic E-state index is 5.71. The van der Waals surface area contributed by atoms with Gasteiger partial charge in [0.1, 0.15) is 12.0 Å². The molecule has 0 spiro atoms. The van der Waals surface area contributed by atoms with E-state index in [1.54, 1.807) is 12.3 Å². The molecule has 78 valence electrons. The molecule has 1 heterocycles. The van der Waals surface area contributed by atoms with Gasteiger partial charge in [-0.05, 0) is 19.1 Å².